The van der Waals surface area contributed by atoms with E-state index < -0.39 is 0 Å². The van der Waals surface area contributed by atoms with Crippen molar-refractivity contribution in [2.75, 3.05) is 18.0 Å². The first kappa shape index (κ1) is 14.7. The highest BCUT2D eigenvalue weighted by Crippen LogP contribution is 2.37. The number of nitrogens with two attached hydrogens (primary N) is 1. The normalized spacial score (nSPS) is 17.8. The third-order valence-electron chi connectivity index (χ3n) is 3.82. The van der Waals surface area contributed by atoms with Crippen molar-refractivity contribution < 1.29 is 9.59 Å². The van der Waals surface area contributed by atoms with Crippen molar-refractivity contribution in [2.45, 2.75) is 33.1 Å². The van der Waals surface area contributed by atoms with Crippen LogP contribution in [0.25, 0.3) is 0 Å². The van der Waals surface area contributed by atoms with E-state index in [1.807, 2.05) is 39.0 Å². The Bertz CT molecular complexity index is 537. The first-order valence-electron chi connectivity index (χ1n) is 7.17. The topological polar surface area (TPSA) is 63.4 Å². The third kappa shape index (κ3) is 2.48. The lowest BCUT2D eigenvalue weighted by Gasteiger charge is -2.17. The second-order valence-electron chi connectivity index (χ2n) is 5.65. The Kier molecular flexibility index (Phi) is 4.23. The molecule has 0 saturated carbocycles. The SMILES string of the molecule is CC(C)C(=O)c1ccc2c(c1)C(C)C(=O)N2CCCN. The number of amides is 1. The van der Waals surface area contributed by atoms with Crippen LogP contribution in [0.15, 0.2) is 18.2 Å². The minimum Gasteiger partial charge on any atom is -0.330 e. The van der Waals surface area contributed by atoms with Crippen LogP contribution >= 0.6 is 0 Å². The van der Waals surface area contributed by atoms with Gasteiger partial charge in [0.05, 0.1) is 5.92 Å². The fourth-order valence-corrected chi connectivity index (χ4v) is 2.60. The number of nitrogens with zero attached hydrogens (tertiary/aromatic N) is 1. The van der Waals surface area contributed by atoms with E-state index in [1.54, 1.807) is 4.90 Å². The molecule has 4 nitrogen and oxygen atoms in total. The zero-order chi connectivity index (χ0) is 14.9. The molecule has 0 fully saturated rings. The van der Waals surface area contributed by atoms with Crippen LogP contribution in [-0.2, 0) is 4.79 Å². The van der Waals surface area contributed by atoms with Crippen LogP contribution in [0.4, 0.5) is 5.69 Å². The van der Waals surface area contributed by atoms with Gasteiger partial charge in [0, 0.05) is 23.7 Å². The van der Waals surface area contributed by atoms with E-state index in [9.17, 15) is 9.59 Å². The Morgan fingerprint density at radius 2 is 2.10 bits per heavy atom. The molecule has 1 heterocycles. The van der Waals surface area contributed by atoms with Crippen molar-refractivity contribution in [3.05, 3.63) is 29.3 Å². The van der Waals surface area contributed by atoms with Crippen LogP contribution in [0.3, 0.4) is 0 Å². The van der Waals surface area contributed by atoms with Gasteiger partial charge in [0.1, 0.15) is 0 Å². The van der Waals surface area contributed by atoms with E-state index in [-0.39, 0.29) is 23.5 Å². The molecule has 20 heavy (non-hydrogen) atoms. The molecular weight excluding hydrogens is 252 g/mol. The molecule has 0 aliphatic carbocycles. The lowest BCUT2D eigenvalue weighted by Crippen LogP contribution is -2.30. The quantitative estimate of drug-likeness (QED) is 0.838. The monoisotopic (exact) mass is 274 g/mol. The van der Waals surface area contributed by atoms with Gasteiger partial charge in [0.15, 0.2) is 5.78 Å². The third-order valence-corrected chi connectivity index (χ3v) is 3.82. The summed E-state index contributed by atoms with van der Waals surface area (Å²) in [6.07, 6.45) is 0.782. The molecule has 2 N–H and O–H groups in total. The predicted molar refractivity (Wildman–Crippen MR) is 80.0 cm³/mol. The molecule has 1 amide bonds. The maximum atomic E-state index is 12.3. The Labute approximate surface area is 119 Å². The van der Waals surface area contributed by atoms with Crippen molar-refractivity contribution in [1.29, 1.82) is 0 Å². The van der Waals surface area contributed by atoms with E-state index in [0.29, 0.717) is 18.7 Å². The molecule has 0 radical (unpaired) electrons. The number of ketones is 1. The summed E-state index contributed by atoms with van der Waals surface area (Å²) < 4.78 is 0. The summed E-state index contributed by atoms with van der Waals surface area (Å²) in [5, 5.41) is 0. The molecule has 0 aromatic heterocycles. The molecular formula is C16H22N2O2. The highest BCUT2D eigenvalue weighted by Gasteiger charge is 2.34. The highest BCUT2D eigenvalue weighted by molar-refractivity contribution is 6.06. The van der Waals surface area contributed by atoms with Crippen LogP contribution in [0.5, 0.6) is 0 Å². The summed E-state index contributed by atoms with van der Waals surface area (Å²) in [6, 6.07) is 5.59. The fraction of sp³-hybridized carbons (Fsp3) is 0.500. The van der Waals surface area contributed by atoms with Crippen LogP contribution < -0.4 is 10.6 Å². The number of carbonyl (C=O) groups is 2. The van der Waals surface area contributed by atoms with Gasteiger partial charge in [-0.15, -0.1) is 0 Å². The molecule has 1 aliphatic rings. The fourth-order valence-electron chi connectivity index (χ4n) is 2.60. The van der Waals surface area contributed by atoms with Gasteiger partial charge in [0.2, 0.25) is 5.91 Å². The summed E-state index contributed by atoms with van der Waals surface area (Å²) >= 11 is 0. The summed E-state index contributed by atoms with van der Waals surface area (Å²) in [4.78, 5) is 26.1. The molecule has 108 valence electrons. The Hall–Kier alpha value is -1.68. The summed E-state index contributed by atoms with van der Waals surface area (Å²) in [6.45, 7) is 6.88. The van der Waals surface area contributed by atoms with Gasteiger partial charge in [-0.25, -0.2) is 0 Å². The van der Waals surface area contributed by atoms with Gasteiger partial charge in [-0.2, -0.15) is 0 Å². The summed E-state index contributed by atoms with van der Waals surface area (Å²) in [5.41, 5.74) is 8.10. The number of hydrogen-bond acceptors (Lipinski definition) is 3. The molecule has 0 saturated heterocycles. The van der Waals surface area contributed by atoms with Crippen LogP contribution in [0.2, 0.25) is 0 Å². The van der Waals surface area contributed by atoms with Crippen molar-refractivity contribution in [1.82, 2.24) is 0 Å². The average molecular weight is 274 g/mol. The maximum Gasteiger partial charge on any atom is 0.234 e. The summed E-state index contributed by atoms with van der Waals surface area (Å²) in [7, 11) is 0. The van der Waals surface area contributed by atoms with Gasteiger partial charge >= 0.3 is 0 Å². The number of carbonyl (C=O) groups excluding carboxylic acids is 2. The first-order valence-corrected chi connectivity index (χ1v) is 7.17. The Morgan fingerprint density at radius 1 is 1.40 bits per heavy atom. The van der Waals surface area contributed by atoms with Gasteiger partial charge < -0.3 is 10.6 Å². The van der Waals surface area contributed by atoms with Crippen molar-refractivity contribution in [3.63, 3.8) is 0 Å². The van der Waals surface area contributed by atoms with Crippen LogP contribution in [0.1, 0.15) is 49.0 Å². The molecule has 2 rings (SSSR count). The second kappa shape index (κ2) is 5.75. The lowest BCUT2D eigenvalue weighted by molar-refractivity contribution is -0.119. The molecule has 1 aromatic carbocycles. The number of benzene rings is 1. The van der Waals surface area contributed by atoms with Gasteiger partial charge in [-0.1, -0.05) is 13.8 Å². The van der Waals surface area contributed by atoms with E-state index in [4.69, 9.17) is 5.73 Å². The number of anilines is 1. The first-order chi connectivity index (χ1) is 9.47. The number of hydrogen-bond donors (Lipinski definition) is 1. The standard InChI is InChI=1S/C16H22N2O2/c1-10(2)15(19)12-5-6-14-13(9-12)11(3)16(20)18(14)8-4-7-17/h5-6,9-11H,4,7-8,17H2,1-3H3. The average Bonchev–Trinajstić information content (AvgIpc) is 2.68. The predicted octanol–water partition coefficient (Wildman–Crippen LogP) is 2.32. The van der Waals surface area contributed by atoms with Crippen molar-refractivity contribution >= 4 is 17.4 Å². The zero-order valence-electron chi connectivity index (χ0n) is 12.3. The van der Waals surface area contributed by atoms with E-state index >= 15 is 0 Å². The highest BCUT2D eigenvalue weighted by atomic mass is 16.2. The second-order valence-corrected chi connectivity index (χ2v) is 5.65. The van der Waals surface area contributed by atoms with Crippen molar-refractivity contribution in [3.8, 4) is 0 Å². The minimum atomic E-state index is -0.178. The van der Waals surface area contributed by atoms with E-state index in [0.717, 1.165) is 17.7 Å². The minimum absolute atomic E-state index is 0.0335. The smallest absolute Gasteiger partial charge is 0.234 e. The molecule has 1 unspecified atom stereocenters. The van der Waals surface area contributed by atoms with E-state index in [2.05, 4.69) is 0 Å². The van der Waals surface area contributed by atoms with Crippen molar-refractivity contribution in [2.24, 2.45) is 11.7 Å². The largest absolute Gasteiger partial charge is 0.330 e. The maximum absolute atomic E-state index is 12.3. The Balaban J connectivity index is 2.35. The van der Waals surface area contributed by atoms with Gasteiger partial charge in [-0.3, -0.25) is 9.59 Å². The van der Waals surface area contributed by atoms with Crippen LogP contribution in [0, 0.1) is 5.92 Å². The molecule has 4 heteroatoms. The molecule has 1 aliphatic heterocycles. The zero-order valence-corrected chi connectivity index (χ0v) is 12.3. The lowest BCUT2D eigenvalue weighted by atomic mass is 9.95. The molecule has 0 spiro atoms. The molecule has 0 bridgehead atoms. The number of Topliss-reactive ketones (excluding diaryl/α,β-unsaturated/α-hetero) is 1. The van der Waals surface area contributed by atoms with Gasteiger partial charge in [0.25, 0.3) is 0 Å². The van der Waals surface area contributed by atoms with Gasteiger partial charge in [-0.05, 0) is 43.7 Å². The summed E-state index contributed by atoms with van der Waals surface area (Å²) in [5.74, 6) is 0.00643. The molecule has 1 atom stereocenters. The number of rotatable bonds is 5. The molecule has 1 aromatic rings. The number of fused-ring (bicyclic) bond motifs is 1. The Morgan fingerprint density at radius 3 is 2.70 bits per heavy atom. The van der Waals surface area contributed by atoms with E-state index in [1.165, 1.54) is 0 Å². The van der Waals surface area contributed by atoms with Crippen LogP contribution in [-0.4, -0.2) is 24.8 Å².